The Morgan fingerprint density at radius 3 is 2.38 bits per heavy atom. The predicted molar refractivity (Wildman–Crippen MR) is 102 cm³/mol. The van der Waals surface area contributed by atoms with Crippen molar-refractivity contribution in [3.63, 3.8) is 0 Å². The van der Waals surface area contributed by atoms with Crippen molar-refractivity contribution in [2.75, 3.05) is 10.6 Å². The molecule has 26 heavy (non-hydrogen) atoms. The lowest BCUT2D eigenvalue weighted by Gasteiger charge is -2.09. The summed E-state index contributed by atoms with van der Waals surface area (Å²) in [5, 5.41) is 5.38. The first-order chi connectivity index (χ1) is 12.6. The van der Waals surface area contributed by atoms with Crippen LogP contribution < -0.4 is 16.4 Å². The summed E-state index contributed by atoms with van der Waals surface area (Å²) in [6, 6.07) is 20.2. The number of carbonyl (C=O) groups excluding carboxylic acids is 2. The van der Waals surface area contributed by atoms with Crippen molar-refractivity contribution >= 4 is 23.3 Å². The molecule has 0 bridgehead atoms. The molecule has 3 aromatic carbocycles. The number of urea groups is 1. The fourth-order valence-corrected chi connectivity index (χ4v) is 3.29. The fourth-order valence-electron chi connectivity index (χ4n) is 3.29. The third kappa shape index (κ3) is 3.02. The minimum atomic E-state index is -0.667. The van der Waals surface area contributed by atoms with Crippen LogP contribution in [-0.4, -0.2) is 11.9 Å². The highest BCUT2D eigenvalue weighted by Gasteiger charge is 2.18. The Hall–Kier alpha value is -3.60. The summed E-state index contributed by atoms with van der Waals surface area (Å²) in [5.74, 6) is -0.246. The zero-order valence-electron chi connectivity index (χ0n) is 14.0. The smallest absolute Gasteiger partial charge is 0.316 e. The Kier molecular flexibility index (Phi) is 3.89. The van der Waals surface area contributed by atoms with Gasteiger partial charge in [0.05, 0.1) is 0 Å². The molecule has 3 amide bonds. The molecule has 0 unspecified atom stereocenters. The van der Waals surface area contributed by atoms with E-state index >= 15 is 0 Å². The topological polar surface area (TPSA) is 84.2 Å². The maximum absolute atomic E-state index is 12.5. The number of fused-ring (bicyclic) bond motifs is 3. The average Bonchev–Trinajstić information content (AvgIpc) is 2.99. The average molecular weight is 343 g/mol. The van der Waals surface area contributed by atoms with Gasteiger partial charge < -0.3 is 16.4 Å². The van der Waals surface area contributed by atoms with Crippen molar-refractivity contribution in [1.29, 1.82) is 0 Å². The number of benzene rings is 3. The van der Waals surface area contributed by atoms with E-state index in [1.165, 1.54) is 16.7 Å². The van der Waals surface area contributed by atoms with Crippen molar-refractivity contribution in [3.05, 3.63) is 83.4 Å². The van der Waals surface area contributed by atoms with E-state index in [2.05, 4.69) is 28.8 Å². The van der Waals surface area contributed by atoms with Crippen LogP contribution in [0.3, 0.4) is 0 Å². The number of primary amides is 1. The summed E-state index contributed by atoms with van der Waals surface area (Å²) in [5.41, 5.74) is 11.7. The second kappa shape index (κ2) is 6.37. The van der Waals surface area contributed by atoms with Crippen LogP contribution in [-0.2, 0) is 6.42 Å². The predicted octanol–water partition coefficient (Wildman–Crippen LogP) is 4.00. The monoisotopic (exact) mass is 343 g/mol. The second-order valence-electron chi connectivity index (χ2n) is 6.23. The van der Waals surface area contributed by atoms with E-state index in [0.717, 1.165) is 17.7 Å². The van der Waals surface area contributed by atoms with Crippen LogP contribution in [0.25, 0.3) is 11.1 Å². The molecule has 0 saturated heterocycles. The molecule has 0 aliphatic heterocycles. The first-order valence-corrected chi connectivity index (χ1v) is 8.29. The molecule has 5 nitrogen and oxygen atoms in total. The lowest BCUT2D eigenvalue weighted by atomic mass is 10.1. The van der Waals surface area contributed by atoms with Crippen LogP contribution >= 0.6 is 0 Å². The van der Waals surface area contributed by atoms with E-state index < -0.39 is 6.03 Å². The van der Waals surface area contributed by atoms with Crippen LogP contribution in [0.5, 0.6) is 0 Å². The zero-order chi connectivity index (χ0) is 18.1. The number of nitrogens with one attached hydrogen (secondary N) is 2. The number of amides is 3. The quantitative estimate of drug-likeness (QED) is 0.525. The summed E-state index contributed by atoms with van der Waals surface area (Å²) in [6.45, 7) is 0. The lowest BCUT2D eigenvalue weighted by molar-refractivity contribution is 0.102. The number of hydrogen-bond acceptors (Lipinski definition) is 2. The highest BCUT2D eigenvalue weighted by atomic mass is 16.2. The summed E-state index contributed by atoms with van der Waals surface area (Å²) in [6.07, 6.45) is 0.917. The van der Waals surface area contributed by atoms with Crippen LogP contribution in [0.1, 0.15) is 21.5 Å². The van der Waals surface area contributed by atoms with Crippen LogP contribution in [0.4, 0.5) is 16.2 Å². The minimum Gasteiger partial charge on any atom is -0.351 e. The van der Waals surface area contributed by atoms with Gasteiger partial charge in [-0.3, -0.25) is 4.79 Å². The van der Waals surface area contributed by atoms with Crippen molar-refractivity contribution in [3.8, 4) is 11.1 Å². The molecule has 0 atom stereocenters. The third-order valence-electron chi connectivity index (χ3n) is 4.45. The molecule has 0 radical (unpaired) electrons. The molecule has 0 spiro atoms. The first-order valence-electron chi connectivity index (χ1n) is 8.29. The van der Waals surface area contributed by atoms with Gasteiger partial charge in [0.15, 0.2) is 0 Å². The molecule has 0 saturated carbocycles. The summed E-state index contributed by atoms with van der Waals surface area (Å²) < 4.78 is 0. The van der Waals surface area contributed by atoms with Crippen LogP contribution in [0, 0.1) is 0 Å². The molecular weight excluding hydrogens is 326 g/mol. The Labute approximate surface area is 150 Å². The molecule has 3 aromatic rings. The standard InChI is InChI=1S/C21H17N3O2/c22-21(26)24-16-6-3-5-15(11-16)20(25)23-17-9-8-14-10-13-4-1-2-7-18(13)19(14)12-17/h1-9,11-12H,10H2,(H,23,25)(H3,22,24,26). The molecule has 128 valence electrons. The molecule has 4 rings (SSSR count). The molecule has 0 heterocycles. The molecule has 0 aromatic heterocycles. The Balaban J connectivity index is 1.57. The van der Waals surface area contributed by atoms with Crippen molar-refractivity contribution in [2.24, 2.45) is 5.73 Å². The summed E-state index contributed by atoms with van der Waals surface area (Å²) >= 11 is 0. The molecule has 1 aliphatic rings. The first kappa shape index (κ1) is 15.9. The largest absolute Gasteiger partial charge is 0.351 e. The molecule has 1 aliphatic carbocycles. The summed E-state index contributed by atoms with van der Waals surface area (Å²) in [7, 11) is 0. The van der Waals surface area contributed by atoms with E-state index in [1.54, 1.807) is 24.3 Å². The summed E-state index contributed by atoms with van der Waals surface area (Å²) in [4.78, 5) is 23.5. The maximum Gasteiger partial charge on any atom is 0.316 e. The van der Waals surface area contributed by atoms with Gasteiger partial charge in [0, 0.05) is 16.9 Å². The highest BCUT2D eigenvalue weighted by molar-refractivity contribution is 6.05. The van der Waals surface area contributed by atoms with Crippen LogP contribution in [0.2, 0.25) is 0 Å². The Morgan fingerprint density at radius 2 is 1.54 bits per heavy atom. The molecular formula is C21H17N3O2. The second-order valence-corrected chi connectivity index (χ2v) is 6.23. The minimum absolute atomic E-state index is 0.246. The van der Waals surface area contributed by atoms with Crippen LogP contribution in [0.15, 0.2) is 66.7 Å². The van der Waals surface area contributed by atoms with Gasteiger partial charge in [-0.15, -0.1) is 0 Å². The Bertz CT molecular complexity index is 1030. The number of nitrogens with two attached hydrogens (primary N) is 1. The Morgan fingerprint density at radius 1 is 0.769 bits per heavy atom. The molecule has 0 fully saturated rings. The fraction of sp³-hybridized carbons (Fsp3) is 0.0476. The van der Waals surface area contributed by atoms with E-state index in [9.17, 15) is 9.59 Å². The van der Waals surface area contributed by atoms with Gasteiger partial charge >= 0.3 is 6.03 Å². The van der Waals surface area contributed by atoms with E-state index in [4.69, 9.17) is 5.73 Å². The highest BCUT2D eigenvalue weighted by Crippen LogP contribution is 2.37. The van der Waals surface area contributed by atoms with Gasteiger partial charge in [0.1, 0.15) is 0 Å². The van der Waals surface area contributed by atoms with Gasteiger partial charge in [-0.25, -0.2) is 4.79 Å². The number of hydrogen-bond donors (Lipinski definition) is 3. The van der Waals surface area contributed by atoms with Gasteiger partial charge in [0.25, 0.3) is 5.91 Å². The molecule has 5 heteroatoms. The van der Waals surface area contributed by atoms with Gasteiger partial charge in [0.2, 0.25) is 0 Å². The number of carbonyl (C=O) groups is 2. The SMILES string of the molecule is NC(=O)Nc1cccc(C(=O)Nc2ccc3c(c2)-c2ccccc2C3)c1. The maximum atomic E-state index is 12.5. The van der Waals surface area contributed by atoms with Gasteiger partial charge in [-0.2, -0.15) is 0 Å². The van der Waals surface area contributed by atoms with Gasteiger partial charge in [-0.1, -0.05) is 36.4 Å². The van der Waals surface area contributed by atoms with E-state index in [-0.39, 0.29) is 5.91 Å². The van der Waals surface area contributed by atoms with Gasteiger partial charge in [-0.05, 0) is 59.0 Å². The normalized spacial score (nSPS) is 11.4. The third-order valence-corrected chi connectivity index (χ3v) is 4.45. The van der Waals surface area contributed by atoms with Crippen molar-refractivity contribution < 1.29 is 9.59 Å². The van der Waals surface area contributed by atoms with Crippen molar-refractivity contribution in [2.45, 2.75) is 6.42 Å². The van der Waals surface area contributed by atoms with E-state index in [0.29, 0.717) is 11.3 Å². The lowest BCUT2D eigenvalue weighted by Crippen LogP contribution is -2.19. The molecule has 4 N–H and O–H groups in total. The zero-order valence-corrected chi connectivity index (χ0v) is 14.0. The number of anilines is 2. The number of rotatable bonds is 3. The van der Waals surface area contributed by atoms with E-state index in [1.807, 2.05) is 24.3 Å². The van der Waals surface area contributed by atoms with Crippen molar-refractivity contribution in [1.82, 2.24) is 0 Å².